The number of nitrogens with one attached hydrogen (secondary N) is 1. The predicted molar refractivity (Wildman–Crippen MR) is 59.9 cm³/mol. The van der Waals surface area contributed by atoms with Gasteiger partial charge >= 0.3 is 0 Å². The van der Waals surface area contributed by atoms with Gasteiger partial charge in [-0.1, -0.05) is 0 Å². The Balaban J connectivity index is 0.00000225. The number of carbonyl (C=O) groups is 1. The van der Waals surface area contributed by atoms with Gasteiger partial charge in [0.2, 0.25) is 5.91 Å². The van der Waals surface area contributed by atoms with Gasteiger partial charge in [-0.3, -0.25) is 4.79 Å². The Morgan fingerprint density at radius 1 is 1.50 bits per heavy atom. The highest BCUT2D eigenvalue weighted by atomic mass is 32.2. The van der Waals surface area contributed by atoms with E-state index >= 15 is 0 Å². The fourth-order valence-corrected chi connectivity index (χ4v) is 1.49. The van der Waals surface area contributed by atoms with Crippen LogP contribution in [0.1, 0.15) is 6.92 Å². The molecule has 6 nitrogen and oxygen atoms in total. The lowest BCUT2D eigenvalue weighted by Crippen LogP contribution is -2.07. The molecule has 1 unspecified atom stereocenters. The van der Waals surface area contributed by atoms with Gasteiger partial charge in [-0.2, -0.15) is 0 Å². The maximum atomic E-state index is 10.9. The van der Waals surface area contributed by atoms with Crippen LogP contribution in [0, 0.1) is 0 Å². The summed E-state index contributed by atoms with van der Waals surface area (Å²) < 4.78 is 24.6. The molecule has 1 amide bonds. The number of methoxy groups -OCH3 is 1. The van der Waals surface area contributed by atoms with Gasteiger partial charge in [0.1, 0.15) is 5.75 Å². The quantitative estimate of drug-likeness (QED) is 0.754. The lowest BCUT2D eigenvalue weighted by atomic mass is 10.3. The Labute approximate surface area is 95.2 Å². The summed E-state index contributed by atoms with van der Waals surface area (Å²) in [6.45, 7) is 1.35. The molecule has 0 saturated carbocycles. The lowest BCUT2D eigenvalue weighted by molar-refractivity contribution is -0.114. The molecule has 0 fully saturated rings. The molecule has 4 N–H and O–H groups in total. The second-order valence-electron chi connectivity index (χ2n) is 2.79. The number of benzene rings is 1. The van der Waals surface area contributed by atoms with Crippen LogP contribution in [0.4, 0.5) is 5.69 Å². The minimum atomic E-state index is -2.07. The van der Waals surface area contributed by atoms with Gasteiger partial charge < -0.3 is 20.1 Å². The third-order valence-corrected chi connectivity index (χ3v) is 2.34. The molecule has 0 aliphatic rings. The van der Waals surface area contributed by atoms with Gasteiger partial charge in [-0.25, -0.2) is 4.21 Å². The van der Waals surface area contributed by atoms with Gasteiger partial charge in [0.15, 0.2) is 11.1 Å². The predicted octanol–water partition coefficient (Wildman–Crippen LogP) is 0.409. The lowest BCUT2D eigenvalue weighted by Gasteiger charge is -2.09. The van der Waals surface area contributed by atoms with E-state index in [-0.39, 0.29) is 16.3 Å². The number of ether oxygens (including phenoxy) is 1. The van der Waals surface area contributed by atoms with Crippen molar-refractivity contribution in [2.24, 2.45) is 0 Å². The van der Waals surface area contributed by atoms with Gasteiger partial charge in [0.25, 0.3) is 0 Å². The van der Waals surface area contributed by atoms with Gasteiger partial charge in [-0.05, 0) is 18.2 Å². The summed E-state index contributed by atoms with van der Waals surface area (Å²) in [5.41, 5.74) is 0.380. The third kappa shape index (κ3) is 3.61. The summed E-state index contributed by atoms with van der Waals surface area (Å²) in [4.78, 5) is 11.1. The number of hydrogen-bond donors (Lipinski definition) is 2. The summed E-state index contributed by atoms with van der Waals surface area (Å²) in [5.74, 6) is 0.175. The second kappa shape index (κ2) is 6.21. The topological polar surface area (TPSA) is 107 Å². The van der Waals surface area contributed by atoms with Crippen LogP contribution in [-0.2, 0) is 15.9 Å². The summed E-state index contributed by atoms with van der Waals surface area (Å²) in [6, 6.07) is 4.38. The molecule has 0 aliphatic heterocycles. The van der Waals surface area contributed by atoms with Crippen LogP contribution in [0.2, 0.25) is 0 Å². The molecule has 16 heavy (non-hydrogen) atoms. The zero-order valence-electron chi connectivity index (χ0n) is 8.81. The second-order valence-corrected chi connectivity index (χ2v) is 3.76. The fraction of sp³-hybridized carbons (Fsp3) is 0.222. The first-order valence-corrected chi connectivity index (χ1v) is 5.21. The molecular formula is C9H13NO5S. The molecule has 90 valence electrons. The Morgan fingerprint density at radius 3 is 2.56 bits per heavy atom. The summed E-state index contributed by atoms with van der Waals surface area (Å²) in [6.07, 6.45) is 0. The minimum Gasteiger partial charge on any atom is -0.495 e. The highest BCUT2D eigenvalue weighted by Gasteiger charge is 2.08. The molecular weight excluding hydrogens is 234 g/mol. The van der Waals surface area contributed by atoms with Crippen molar-refractivity contribution in [2.75, 3.05) is 12.4 Å². The smallest absolute Gasteiger partial charge is 0.221 e. The van der Waals surface area contributed by atoms with Crippen molar-refractivity contribution >= 4 is 22.7 Å². The summed E-state index contributed by atoms with van der Waals surface area (Å²) >= 11 is -2.07. The molecule has 1 aromatic carbocycles. The summed E-state index contributed by atoms with van der Waals surface area (Å²) in [5, 5.41) is 2.51. The first-order chi connectivity index (χ1) is 7.04. The Kier molecular flexibility index (Phi) is 5.65. The van der Waals surface area contributed by atoms with Crippen molar-refractivity contribution in [1.82, 2.24) is 0 Å². The highest BCUT2D eigenvalue weighted by molar-refractivity contribution is 7.79. The summed E-state index contributed by atoms with van der Waals surface area (Å²) in [7, 11) is 1.45. The van der Waals surface area contributed by atoms with Crippen LogP contribution in [0.15, 0.2) is 23.1 Å². The number of anilines is 1. The van der Waals surface area contributed by atoms with E-state index in [4.69, 9.17) is 9.29 Å². The van der Waals surface area contributed by atoms with Crippen LogP contribution in [0.5, 0.6) is 5.75 Å². The van der Waals surface area contributed by atoms with E-state index < -0.39 is 11.1 Å². The fourth-order valence-electron chi connectivity index (χ4n) is 1.08. The third-order valence-electron chi connectivity index (χ3n) is 1.68. The van der Waals surface area contributed by atoms with Gasteiger partial charge in [0, 0.05) is 6.92 Å². The van der Waals surface area contributed by atoms with E-state index in [2.05, 4.69) is 5.32 Å². The van der Waals surface area contributed by atoms with E-state index in [1.54, 1.807) is 0 Å². The van der Waals surface area contributed by atoms with Crippen molar-refractivity contribution in [3.8, 4) is 5.75 Å². The molecule has 0 spiro atoms. The van der Waals surface area contributed by atoms with E-state index in [9.17, 15) is 9.00 Å². The standard InChI is InChI=1S/C9H11NO4S.H2O/c1-6(11)10-8-5-7(15(12)13)3-4-9(8)14-2;/h3-5H,1-2H3,(H,10,11)(H,12,13);1H2. The molecule has 1 atom stereocenters. The SMILES string of the molecule is COc1ccc(S(=O)O)cc1NC(C)=O.O. The monoisotopic (exact) mass is 247 g/mol. The zero-order valence-corrected chi connectivity index (χ0v) is 9.63. The number of amides is 1. The van der Waals surface area contributed by atoms with E-state index in [0.717, 1.165) is 0 Å². The van der Waals surface area contributed by atoms with Gasteiger partial charge in [-0.15, -0.1) is 0 Å². The maximum absolute atomic E-state index is 10.9. The molecule has 0 aliphatic carbocycles. The van der Waals surface area contributed by atoms with Crippen LogP contribution in [0.25, 0.3) is 0 Å². The van der Waals surface area contributed by atoms with Gasteiger partial charge in [0.05, 0.1) is 17.7 Å². The van der Waals surface area contributed by atoms with Crippen LogP contribution < -0.4 is 10.1 Å². The van der Waals surface area contributed by atoms with Crippen molar-refractivity contribution in [3.05, 3.63) is 18.2 Å². The normalized spacial score (nSPS) is 11.2. The van der Waals surface area contributed by atoms with Crippen molar-refractivity contribution in [2.45, 2.75) is 11.8 Å². The van der Waals surface area contributed by atoms with Crippen molar-refractivity contribution < 1.29 is 23.8 Å². The Hall–Kier alpha value is -1.44. The van der Waals surface area contributed by atoms with Crippen molar-refractivity contribution in [1.29, 1.82) is 0 Å². The molecule has 0 heterocycles. The van der Waals surface area contributed by atoms with Crippen LogP contribution in [-0.4, -0.2) is 27.3 Å². The van der Waals surface area contributed by atoms with E-state index in [1.165, 1.54) is 32.2 Å². The molecule has 0 saturated heterocycles. The number of hydrogen-bond acceptors (Lipinski definition) is 3. The molecule has 0 radical (unpaired) electrons. The first-order valence-electron chi connectivity index (χ1n) is 4.11. The zero-order chi connectivity index (χ0) is 11.4. The molecule has 7 heteroatoms. The van der Waals surface area contributed by atoms with E-state index in [0.29, 0.717) is 11.4 Å². The van der Waals surface area contributed by atoms with Crippen molar-refractivity contribution in [3.63, 3.8) is 0 Å². The number of rotatable bonds is 3. The maximum Gasteiger partial charge on any atom is 0.221 e. The molecule has 1 rings (SSSR count). The van der Waals surface area contributed by atoms with Crippen LogP contribution >= 0.6 is 0 Å². The van der Waals surface area contributed by atoms with E-state index in [1.807, 2.05) is 0 Å². The largest absolute Gasteiger partial charge is 0.495 e. The Bertz CT molecular complexity index is 407. The average Bonchev–Trinajstić information content (AvgIpc) is 2.16. The Morgan fingerprint density at radius 2 is 2.12 bits per heavy atom. The highest BCUT2D eigenvalue weighted by Crippen LogP contribution is 2.26. The number of carbonyl (C=O) groups excluding carboxylic acids is 1. The average molecular weight is 247 g/mol. The minimum absolute atomic E-state index is 0. The van der Waals surface area contributed by atoms with Crippen LogP contribution in [0.3, 0.4) is 0 Å². The molecule has 1 aromatic rings. The molecule has 0 bridgehead atoms. The molecule has 0 aromatic heterocycles. The first kappa shape index (κ1) is 14.6.